The van der Waals surface area contributed by atoms with E-state index < -0.39 is 16.1 Å². The molecule has 0 saturated heterocycles. The molecule has 0 radical (unpaired) electrons. The summed E-state index contributed by atoms with van der Waals surface area (Å²) in [6, 6.07) is 17.7. The number of fused-ring (bicyclic) bond motifs is 2. The summed E-state index contributed by atoms with van der Waals surface area (Å²) in [4.78, 5) is 14.9. The van der Waals surface area contributed by atoms with Gasteiger partial charge in [0.2, 0.25) is 10.0 Å². The molecule has 1 aliphatic heterocycles. The van der Waals surface area contributed by atoms with Gasteiger partial charge in [-0.15, -0.1) is 0 Å². The van der Waals surface area contributed by atoms with Gasteiger partial charge >= 0.3 is 0 Å². The number of carbonyl (C=O) groups is 1. The van der Waals surface area contributed by atoms with E-state index in [1.807, 2.05) is 48.7 Å². The van der Waals surface area contributed by atoms with Crippen LogP contribution in [0.1, 0.15) is 28.4 Å². The highest BCUT2D eigenvalue weighted by Gasteiger charge is 2.29. The van der Waals surface area contributed by atoms with Crippen LogP contribution in [0.25, 0.3) is 22.0 Å². The summed E-state index contributed by atoms with van der Waals surface area (Å²) >= 11 is 0. The van der Waals surface area contributed by atoms with Gasteiger partial charge in [0, 0.05) is 35.1 Å². The molecule has 0 aliphatic carbocycles. The Morgan fingerprint density at radius 1 is 1.11 bits per heavy atom. The van der Waals surface area contributed by atoms with Crippen LogP contribution in [-0.4, -0.2) is 43.5 Å². The van der Waals surface area contributed by atoms with Crippen molar-refractivity contribution in [3.63, 3.8) is 0 Å². The molecule has 4 aromatic rings. The first-order chi connectivity index (χ1) is 16.9. The fraction of sp³-hybridized carbons (Fsp3) is 0.222. The van der Waals surface area contributed by atoms with Gasteiger partial charge in [0.15, 0.2) is 5.78 Å². The molecule has 7 nitrogen and oxygen atoms in total. The summed E-state index contributed by atoms with van der Waals surface area (Å²) < 4.78 is 35.4. The minimum Gasteiger partial charge on any atom is -0.492 e. The van der Waals surface area contributed by atoms with E-state index in [1.54, 1.807) is 18.2 Å². The summed E-state index contributed by atoms with van der Waals surface area (Å²) in [5, 5.41) is 11.0. The number of carbonyl (C=O) groups excluding carboxylic acids is 1. The number of hydrogen-bond acceptors (Lipinski definition) is 5. The maximum absolute atomic E-state index is 13.5. The maximum atomic E-state index is 13.5. The highest BCUT2D eigenvalue weighted by molar-refractivity contribution is 7.89. The van der Waals surface area contributed by atoms with Gasteiger partial charge in [-0.2, -0.15) is 0 Å². The Bertz CT molecular complexity index is 1510. The molecule has 0 spiro atoms. The van der Waals surface area contributed by atoms with Gasteiger partial charge in [-0.3, -0.25) is 4.79 Å². The van der Waals surface area contributed by atoms with Gasteiger partial charge in [-0.05, 0) is 53.8 Å². The van der Waals surface area contributed by atoms with Crippen LogP contribution in [0, 0.1) is 0 Å². The number of ether oxygens (including phenoxy) is 1. The smallest absolute Gasteiger partial charge is 0.244 e. The van der Waals surface area contributed by atoms with Crippen molar-refractivity contribution in [1.29, 1.82) is 0 Å². The van der Waals surface area contributed by atoms with Crippen LogP contribution in [0.2, 0.25) is 0 Å². The molecule has 2 heterocycles. The second-order valence-corrected chi connectivity index (χ2v) is 10.4. The predicted octanol–water partition coefficient (Wildman–Crippen LogP) is 3.85. The van der Waals surface area contributed by atoms with Crippen molar-refractivity contribution in [1.82, 2.24) is 9.71 Å². The molecule has 0 fully saturated rings. The van der Waals surface area contributed by atoms with E-state index in [2.05, 4.69) is 9.71 Å². The Balaban J connectivity index is 1.47. The molecule has 8 heteroatoms. The molecule has 5 rings (SSSR count). The molecule has 0 unspecified atom stereocenters. The standard InChI is InChI=1S/C27H26N2O5S/c1-17(31)18-6-8-19(9-7-18)21-12-20-10-11-34-27(20)26(14-21)35(32,33)29-23(16-30)13-22-15-28-25-5-3-2-4-24(22)25/h2-9,12,14-15,23,28-30H,10-11,13,16H2,1H3/t23-/m0/s1. The number of para-hydroxylation sites is 1. The maximum Gasteiger partial charge on any atom is 0.244 e. The van der Waals surface area contributed by atoms with Gasteiger partial charge in [0.1, 0.15) is 10.6 Å². The topological polar surface area (TPSA) is 108 Å². The molecular formula is C27H26N2O5S. The molecule has 35 heavy (non-hydrogen) atoms. The highest BCUT2D eigenvalue weighted by atomic mass is 32.2. The van der Waals surface area contributed by atoms with Crippen LogP contribution in [0.3, 0.4) is 0 Å². The van der Waals surface area contributed by atoms with E-state index in [4.69, 9.17) is 4.74 Å². The van der Waals surface area contributed by atoms with Crippen LogP contribution in [0.5, 0.6) is 5.75 Å². The molecular weight excluding hydrogens is 464 g/mol. The molecule has 1 atom stereocenters. The van der Waals surface area contributed by atoms with Crippen molar-refractivity contribution in [3.05, 3.63) is 83.6 Å². The monoisotopic (exact) mass is 490 g/mol. The second kappa shape index (κ2) is 9.30. The first-order valence-electron chi connectivity index (χ1n) is 11.4. The Hall–Kier alpha value is -3.46. The number of H-pyrrole nitrogens is 1. The summed E-state index contributed by atoms with van der Waals surface area (Å²) in [6.07, 6.45) is 2.78. The number of rotatable bonds is 8. The zero-order valence-electron chi connectivity index (χ0n) is 19.2. The number of aromatic amines is 1. The average molecular weight is 491 g/mol. The van der Waals surface area contributed by atoms with Gasteiger partial charge < -0.3 is 14.8 Å². The zero-order valence-corrected chi connectivity index (χ0v) is 20.1. The lowest BCUT2D eigenvalue weighted by molar-refractivity contribution is 0.101. The zero-order chi connectivity index (χ0) is 24.6. The molecule has 180 valence electrons. The third-order valence-electron chi connectivity index (χ3n) is 6.35. The quantitative estimate of drug-likeness (QED) is 0.325. The van der Waals surface area contributed by atoms with Gasteiger partial charge in [-0.1, -0.05) is 42.5 Å². The fourth-order valence-corrected chi connectivity index (χ4v) is 5.97. The Morgan fingerprint density at radius 3 is 2.63 bits per heavy atom. The summed E-state index contributed by atoms with van der Waals surface area (Å²) in [7, 11) is -4.00. The van der Waals surface area contributed by atoms with Crippen LogP contribution < -0.4 is 9.46 Å². The number of benzene rings is 3. The highest BCUT2D eigenvalue weighted by Crippen LogP contribution is 2.37. The van der Waals surface area contributed by atoms with Crippen molar-refractivity contribution >= 4 is 26.7 Å². The van der Waals surface area contributed by atoms with Gasteiger partial charge in [0.05, 0.1) is 13.2 Å². The predicted molar refractivity (Wildman–Crippen MR) is 134 cm³/mol. The third kappa shape index (κ3) is 4.60. The van der Waals surface area contributed by atoms with E-state index in [-0.39, 0.29) is 17.3 Å². The first-order valence-corrected chi connectivity index (χ1v) is 12.9. The number of aliphatic hydroxyl groups is 1. The lowest BCUT2D eigenvalue weighted by Crippen LogP contribution is -2.39. The van der Waals surface area contributed by atoms with E-state index >= 15 is 0 Å². The second-order valence-electron chi connectivity index (χ2n) is 8.76. The number of hydrogen-bond donors (Lipinski definition) is 3. The Kier molecular flexibility index (Phi) is 6.19. The minimum atomic E-state index is -4.00. The van der Waals surface area contributed by atoms with Crippen LogP contribution in [0.4, 0.5) is 0 Å². The van der Waals surface area contributed by atoms with E-state index in [0.29, 0.717) is 30.8 Å². The number of nitrogens with one attached hydrogen (secondary N) is 2. The van der Waals surface area contributed by atoms with Crippen LogP contribution >= 0.6 is 0 Å². The molecule has 0 saturated carbocycles. The fourth-order valence-electron chi connectivity index (χ4n) is 4.53. The van der Waals surface area contributed by atoms with E-state index in [0.717, 1.165) is 33.2 Å². The number of ketones is 1. The summed E-state index contributed by atoms with van der Waals surface area (Å²) in [5.74, 6) is 0.321. The average Bonchev–Trinajstić information content (AvgIpc) is 3.50. The minimum absolute atomic E-state index is 0.0309. The largest absolute Gasteiger partial charge is 0.492 e. The molecule has 3 N–H and O–H groups in total. The lowest BCUT2D eigenvalue weighted by atomic mass is 10.00. The number of aromatic nitrogens is 1. The van der Waals surface area contributed by atoms with Gasteiger partial charge in [0.25, 0.3) is 0 Å². The summed E-state index contributed by atoms with van der Waals surface area (Å²) in [5.41, 5.74) is 4.81. The van der Waals surface area contributed by atoms with E-state index in [1.165, 1.54) is 6.92 Å². The van der Waals surface area contributed by atoms with Crippen molar-refractivity contribution in [3.8, 4) is 16.9 Å². The van der Waals surface area contributed by atoms with Crippen molar-refractivity contribution in [2.75, 3.05) is 13.2 Å². The Labute approximate surface area is 203 Å². The lowest BCUT2D eigenvalue weighted by Gasteiger charge is -2.18. The summed E-state index contributed by atoms with van der Waals surface area (Å²) in [6.45, 7) is 1.56. The van der Waals surface area contributed by atoms with Crippen LogP contribution in [-0.2, 0) is 22.9 Å². The molecule has 1 aromatic heterocycles. The van der Waals surface area contributed by atoms with Crippen molar-refractivity contribution < 1.29 is 23.1 Å². The Morgan fingerprint density at radius 2 is 1.89 bits per heavy atom. The molecule has 1 aliphatic rings. The van der Waals surface area contributed by atoms with E-state index in [9.17, 15) is 18.3 Å². The van der Waals surface area contributed by atoms with Gasteiger partial charge in [-0.25, -0.2) is 13.1 Å². The first kappa shape index (κ1) is 23.3. The van der Waals surface area contributed by atoms with Crippen molar-refractivity contribution in [2.45, 2.75) is 30.7 Å². The SMILES string of the molecule is CC(=O)c1ccc(-c2cc3c(c(S(=O)(=O)N[C@H](CO)Cc4c[nH]c5ccccc45)c2)OCC3)cc1. The van der Waals surface area contributed by atoms with Crippen LogP contribution in [0.15, 0.2) is 71.8 Å². The molecule has 3 aromatic carbocycles. The molecule has 0 bridgehead atoms. The number of aliphatic hydroxyl groups excluding tert-OH is 1. The molecule has 0 amide bonds. The van der Waals surface area contributed by atoms with Crippen molar-refractivity contribution in [2.24, 2.45) is 0 Å². The number of Topliss-reactive ketones (excluding diaryl/α,β-unsaturated/α-hetero) is 1. The normalized spacial score (nSPS) is 14.0. The number of sulfonamides is 1. The third-order valence-corrected chi connectivity index (χ3v) is 7.87.